The number of nitrogens with one attached hydrogen (secondary N) is 1. The zero-order valence-electron chi connectivity index (χ0n) is 15.8. The molecule has 1 N–H and O–H groups in total. The van der Waals surface area contributed by atoms with E-state index in [1.54, 1.807) is 23.5 Å². The molecule has 0 aliphatic carbocycles. The monoisotopic (exact) mass is 379 g/mol. The van der Waals surface area contributed by atoms with E-state index in [9.17, 15) is 4.79 Å². The molecule has 1 atom stereocenters. The zero-order valence-corrected chi connectivity index (χ0v) is 16.6. The van der Waals surface area contributed by atoms with Gasteiger partial charge < -0.3 is 5.32 Å². The molecule has 1 amide bonds. The minimum Gasteiger partial charge on any atom is -0.351 e. The third-order valence-electron chi connectivity index (χ3n) is 4.59. The number of hydrogen-bond acceptors (Lipinski definition) is 4. The number of carbonyl (C=O) groups is 1. The maximum atomic E-state index is 12.3. The maximum Gasteiger partial charge on any atom is 0.244 e. The minimum absolute atomic E-state index is 0.0951. The van der Waals surface area contributed by atoms with Gasteiger partial charge in [0.05, 0.1) is 16.3 Å². The number of rotatable bonds is 8. The van der Waals surface area contributed by atoms with Crippen molar-refractivity contribution in [2.45, 2.75) is 19.9 Å². The summed E-state index contributed by atoms with van der Waals surface area (Å²) in [6, 6.07) is 18.5. The van der Waals surface area contributed by atoms with Crippen molar-refractivity contribution in [1.82, 2.24) is 15.2 Å². The van der Waals surface area contributed by atoms with E-state index in [2.05, 4.69) is 41.2 Å². The smallest absolute Gasteiger partial charge is 0.244 e. The second-order valence-electron chi connectivity index (χ2n) is 6.25. The minimum atomic E-state index is -0.0951. The Hall–Kier alpha value is -2.50. The van der Waals surface area contributed by atoms with Crippen molar-refractivity contribution in [3.63, 3.8) is 0 Å². The molecular formula is C22H25N3OS. The summed E-state index contributed by atoms with van der Waals surface area (Å²) >= 11 is 1.59. The van der Waals surface area contributed by atoms with Crippen LogP contribution in [0.15, 0.2) is 60.7 Å². The average Bonchev–Trinajstić information content (AvgIpc) is 3.13. The number of amides is 1. The Balaban J connectivity index is 1.64. The number of aromatic nitrogens is 1. The molecule has 0 saturated heterocycles. The van der Waals surface area contributed by atoms with Crippen molar-refractivity contribution in [2.24, 2.45) is 0 Å². The largest absolute Gasteiger partial charge is 0.351 e. The maximum absolute atomic E-state index is 12.3. The molecule has 140 valence electrons. The van der Waals surface area contributed by atoms with Crippen molar-refractivity contribution in [3.05, 3.63) is 71.2 Å². The van der Waals surface area contributed by atoms with Crippen molar-refractivity contribution >= 4 is 33.5 Å². The van der Waals surface area contributed by atoms with E-state index in [-0.39, 0.29) is 11.9 Å². The van der Waals surface area contributed by atoms with Crippen LogP contribution in [0.3, 0.4) is 0 Å². The lowest BCUT2D eigenvalue weighted by Gasteiger charge is -2.30. The molecule has 1 heterocycles. The van der Waals surface area contributed by atoms with Gasteiger partial charge >= 0.3 is 0 Å². The summed E-state index contributed by atoms with van der Waals surface area (Å²) in [6.07, 6.45) is 3.36. The Bertz CT molecular complexity index is 867. The van der Waals surface area contributed by atoms with Gasteiger partial charge in [-0.05, 0) is 36.9 Å². The molecule has 0 spiro atoms. The number of likely N-dealkylation sites (N-methyl/N-ethyl adjacent to an activating group) is 1. The lowest BCUT2D eigenvalue weighted by Crippen LogP contribution is -2.37. The lowest BCUT2D eigenvalue weighted by atomic mass is 10.1. The van der Waals surface area contributed by atoms with E-state index in [1.807, 2.05) is 42.5 Å². The number of fused-ring (bicyclic) bond motifs is 1. The van der Waals surface area contributed by atoms with Crippen LogP contribution in [0, 0.1) is 0 Å². The van der Waals surface area contributed by atoms with Crippen LogP contribution in [0.1, 0.15) is 30.5 Å². The summed E-state index contributed by atoms with van der Waals surface area (Å²) in [5.41, 5.74) is 2.19. The highest BCUT2D eigenvalue weighted by Crippen LogP contribution is 2.22. The number of para-hydroxylation sites is 1. The van der Waals surface area contributed by atoms with Gasteiger partial charge in [-0.2, -0.15) is 0 Å². The van der Waals surface area contributed by atoms with Gasteiger partial charge in [0.1, 0.15) is 5.01 Å². The first kappa shape index (κ1) is 19.3. The van der Waals surface area contributed by atoms with E-state index >= 15 is 0 Å². The first-order chi connectivity index (χ1) is 13.2. The fourth-order valence-electron chi connectivity index (χ4n) is 3.16. The summed E-state index contributed by atoms with van der Waals surface area (Å²) in [6.45, 7) is 6.75. The molecule has 1 aromatic heterocycles. The Kier molecular flexibility index (Phi) is 6.74. The lowest BCUT2D eigenvalue weighted by molar-refractivity contribution is -0.116. The predicted octanol–water partition coefficient (Wildman–Crippen LogP) is 4.51. The molecule has 0 aliphatic rings. The fourth-order valence-corrected chi connectivity index (χ4v) is 4.03. The topological polar surface area (TPSA) is 45.2 Å². The first-order valence-corrected chi connectivity index (χ1v) is 10.1. The van der Waals surface area contributed by atoms with Crippen LogP contribution in [0.5, 0.6) is 0 Å². The van der Waals surface area contributed by atoms with Gasteiger partial charge in [0, 0.05) is 12.6 Å². The Labute approximate surface area is 164 Å². The molecule has 3 rings (SSSR count). The normalized spacial score (nSPS) is 12.7. The summed E-state index contributed by atoms with van der Waals surface area (Å²) in [5.74, 6) is -0.0951. The number of hydrogen-bond donors (Lipinski definition) is 1. The number of carbonyl (C=O) groups excluding carboxylic acids is 1. The van der Waals surface area contributed by atoms with Gasteiger partial charge in [0.2, 0.25) is 5.91 Å². The third kappa shape index (κ3) is 5.02. The molecule has 0 bridgehead atoms. The van der Waals surface area contributed by atoms with Gasteiger partial charge in [0.25, 0.3) is 0 Å². The third-order valence-corrected chi connectivity index (χ3v) is 5.60. The standard InChI is InChI=1S/C22H25N3OS/c1-3-25(4-2)19(17-10-6-5-7-11-17)16-23-21(26)14-15-22-24-18-12-8-9-13-20(18)27-22/h5-15,19H,3-4,16H2,1-2H3,(H,23,26)/b15-14-/t19-/m1/s1. The van der Waals surface area contributed by atoms with E-state index in [0.29, 0.717) is 6.54 Å². The molecule has 0 aliphatic heterocycles. The number of thiazole rings is 1. The molecule has 4 nitrogen and oxygen atoms in total. The molecule has 5 heteroatoms. The van der Waals surface area contributed by atoms with Gasteiger partial charge in [-0.1, -0.05) is 56.3 Å². The molecule has 2 aromatic carbocycles. The Morgan fingerprint density at radius 1 is 1.11 bits per heavy atom. The molecular weight excluding hydrogens is 354 g/mol. The molecule has 0 radical (unpaired) electrons. The number of benzene rings is 2. The average molecular weight is 380 g/mol. The van der Waals surface area contributed by atoms with Gasteiger partial charge in [-0.25, -0.2) is 4.98 Å². The molecule has 0 saturated carbocycles. The number of nitrogens with zero attached hydrogens (tertiary/aromatic N) is 2. The summed E-state index contributed by atoms with van der Waals surface area (Å²) in [5, 5.41) is 3.89. The van der Waals surface area contributed by atoms with E-state index in [4.69, 9.17) is 0 Å². The highest BCUT2D eigenvalue weighted by Gasteiger charge is 2.18. The van der Waals surface area contributed by atoms with Crippen LogP contribution in [0.4, 0.5) is 0 Å². The Morgan fingerprint density at radius 2 is 1.81 bits per heavy atom. The van der Waals surface area contributed by atoms with Crippen LogP contribution < -0.4 is 5.32 Å². The Morgan fingerprint density at radius 3 is 2.52 bits per heavy atom. The van der Waals surface area contributed by atoms with Gasteiger partial charge in [-0.15, -0.1) is 11.3 Å². The fraction of sp³-hybridized carbons (Fsp3) is 0.273. The van der Waals surface area contributed by atoms with Crippen LogP contribution in [-0.2, 0) is 4.79 Å². The molecule has 0 unspecified atom stereocenters. The molecule has 0 fully saturated rings. The van der Waals surface area contributed by atoms with Crippen molar-refractivity contribution < 1.29 is 4.79 Å². The quantitative estimate of drug-likeness (QED) is 0.586. The first-order valence-electron chi connectivity index (χ1n) is 9.31. The van der Waals surface area contributed by atoms with Gasteiger partial charge in [-0.3, -0.25) is 9.69 Å². The van der Waals surface area contributed by atoms with Gasteiger partial charge in [0.15, 0.2) is 0 Å². The van der Waals surface area contributed by atoms with E-state index in [0.717, 1.165) is 28.3 Å². The van der Waals surface area contributed by atoms with Crippen LogP contribution in [-0.4, -0.2) is 35.4 Å². The second-order valence-corrected chi connectivity index (χ2v) is 7.31. The summed E-state index contributed by atoms with van der Waals surface area (Å²) in [4.78, 5) is 19.2. The van der Waals surface area contributed by atoms with Crippen LogP contribution in [0.25, 0.3) is 16.3 Å². The van der Waals surface area contributed by atoms with Crippen molar-refractivity contribution in [2.75, 3.05) is 19.6 Å². The van der Waals surface area contributed by atoms with Crippen LogP contribution in [0.2, 0.25) is 0 Å². The van der Waals surface area contributed by atoms with Crippen molar-refractivity contribution in [1.29, 1.82) is 0 Å². The zero-order chi connectivity index (χ0) is 19.1. The molecule has 3 aromatic rings. The molecule has 27 heavy (non-hydrogen) atoms. The van der Waals surface area contributed by atoms with E-state index < -0.39 is 0 Å². The summed E-state index contributed by atoms with van der Waals surface area (Å²) < 4.78 is 1.13. The van der Waals surface area contributed by atoms with E-state index in [1.165, 1.54) is 5.56 Å². The highest BCUT2D eigenvalue weighted by atomic mass is 32.1. The predicted molar refractivity (Wildman–Crippen MR) is 114 cm³/mol. The second kappa shape index (κ2) is 9.44. The highest BCUT2D eigenvalue weighted by molar-refractivity contribution is 7.19. The van der Waals surface area contributed by atoms with Crippen molar-refractivity contribution in [3.8, 4) is 0 Å². The summed E-state index contributed by atoms with van der Waals surface area (Å²) in [7, 11) is 0. The SMILES string of the molecule is CCN(CC)[C@H](CNC(=O)/C=C\c1nc2ccccc2s1)c1ccccc1. The van der Waals surface area contributed by atoms with Crippen LogP contribution >= 0.6 is 11.3 Å².